The van der Waals surface area contributed by atoms with Gasteiger partial charge in [-0.05, 0) is 54.8 Å². The molecular formula is C27H31N3O3S. The van der Waals surface area contributed by atoms with Crippen LogP contribution in [0.2, 0.25) is 0 Å². The number of carbonyl (C=O) groups excluding carboxylic acids is 1. The average Bonchev–Trinajstić information content (AvgIpc) is 3.35. The standard InChI is InChI=1S/C27H31N3O3S/c1-34(32,33)30(21-23-9-3-2-4-10-23)26-12-6-5-11-25(26)27(31)28-19-22-13-15-24(16-14-22)20-29-17-7-8-18-29/h2-6,9-16H,7-8,17-21H2,1H3,(H,28,31). The van der Waals surface area contributed by atoms with Crippen molar-refractivity contribution >= 4 is 21.6 Å². The highest BCUT2D eigenvalue weighted by Crippen LogP contribution is 2.25. The van der Waals surface area contributed by atoms with Crippen molar-refractivity contribution in [3.8, 4) is 0 Å². The molecule has 1 saturated heterocycles. The largest absolute Gasteiger partial charge is 0.348 e. The maximum absolute atomic E-state index is 13.1. The van der Waals surface area contributed by atoms with Crippen molar-refractivity contribution in [1.82, 2.24) is 10.2 Å². The van der Waals surface area contributed by atoms with Gasteiger partial charge in [0, 0.05) is 13.1 Å². The van der Waals surface area contributed by atoms with Crippen LogP contribution in [-0.4, -0.2) is 38.6 Å². The molecule has 0 bridgehead atoms. The Labute approximate surface area is 202 Å². The number of nitrogens with zero attached hydrogens (tertiary/aromatic N) is 2. The highest BCUT2D eigenvalue weighted by molar-refractivity contribution is 7.92. The highest BCUT2D eigenvalue weighted by Gasteiger charge is 2.23. The van der Waals surface area contributed by atoms with E-state index in [9.17, 15) is 13.2 Å². The number of nitrogens with one attached hydrogen (secondary N) is 1. The van der Waals surface area contributed by atoms with Crippen LogP contribution in [0.25, 0.3) is 0 Å². The second-order valence-electron chi connectivity index (χ2n) is 8.75. The van der Waals surface area contributed by atoms with E-state index in [4.69, 9.17) is 0 Å². The Morgan fingerprint density at radius 3 is 2.15 bits per heavy atom. The van der Waals surface area contributed by atoms with Gasteiger partial charge in [-0.15, -0.1) is 0 Å². The number of amides is 1. The lowest BCUT2D eigenvalue weighted by Crippen LogP contribution is -2.32. The first-order valence-corrected chi connectivity index (χ1v) is 13.4. The summed E-state index contributed by atoms with van der Waals surface area (Å²) in [6.45, 7) is 3.80. The van der Waals surface area contributed by atoms with Gasteiger partial charge in [0.15, 0.2) is 0 Å². The number of likely N-dealkylation sites (tertiary alicyclic amines) is 1. The van der Waals surface area contributed by atoms with Crippen molar-refractivity contribution in [2.24, 2.45) is 0 Å². The van der Waals surface area contributed by atoms with Gasteiger partial charge in [-0.2, -0.15) is 0 Å². The number of benzene rings is 3. The molecule has 6 nitrogen and oxygen atoms in total. The molecule has 1 aliphatic heterocycles. The molecule has 0 radical (unpaired) electrons. The summed E-state index contributed by atoms with van der Waals surface area (Å²) in [7, 11) is -3.60. The zero-order chi connectivity index (χ0) is 24.0. The first-order chi connectivity index (χ1) is 16.4. The topological polar surface area (TPSA) is 69.7 Å². The Morgan fingerprint density at radius 2 is 1.47 bits per heavy atom. The summed E-state index contributed by atoms with van der Waals surface area (Å²) in [4.78, 5) is 15.5. The summed E-state index contributed by atoms with van der Waals surface area (Å²) < 4.78 is 26.6. The summed E-state index contributed by atoms with van der Waals surface area (Å²) >= 11 is 0. The first kappa shape index (κ1) is 24.0. The van der Waals surface area contributed by atoms with Crippen LogP contribution in [0.5, 0.6) is 0 Å². The molecule has 7 heteroatoms. The van der Waals surface area contributed by atoms with Crippen LogP contribution in [0, 0.1) is 0 Å². The minimum Gasteiger partial charge on any atom is -0.348 e. The number of hydrogen-bond acceptors (Lipinski definition) is 4. The Bertz CT molecular complexity index is 1210. The summed E-state index contributed by atoms with van der Waals surface area (Å²) in [5.74, 6) is -0.307. The van der Waals surface area contributed by atoms with E-state index in [0.717, 1.165) is 37.0 Å². The maximum Gasteiger partial charge on any atom is 0.253 e. The van der Waals surface area contributed by atoms with E-state index >= 15 is 0 Å². The molecule has 0 saturated carbocycles. The summed E-state index contributed by atoms with van der Waals surface area (Å²) in [6, 6.07) is 24.5. The molecule has 34 heavy (non-hydrogen) atoms. The van der Waals surface area contributed by atoms with Crippen molar-refractivity contribution in [3.05, 3.63) is 101 Å². The predicted molar refractivity (Wildman–Crippen MR) is 136 cm³/mol. The lowest BCUT2D eigenvalue weighted by molar-refractivity contribution is 0.0951. The predicted octanol–water partition coefficient (Wildman–Crippen LogP) is 4.18. The van der Waals surface area contributed by atoms with Crippen molar-refractivity contribution < 1.29 is 13.2 Å². The van der Waals surface area contributed by atoms with Gasteiger partial charge in [-0.3, -0.25) is 14.0 Å². The van der Waals surface area contributed by atoms with Crippen LogP contribution in [0.15, 0.2) is 78.9 Å². The smallest absolute Gasteiger partial charge is 0.253 e. The molecule has 0 aliphatic carbocycles. The third kappa shape index (κ3) is 6.24. The second-order valence-corrected chi connectivity index (χ2v) is 10.7. The molecule has 0 atom stereocenters. The lowest BCUT2D eigenvalue weighted by atomic mass is 10.1. The van der Waals surface area contributed by atoms with E-state index in [1.165, 1.54) is 22.7 Å². The number of para-hydroxylation sites is 1. The van der Waals surface area contributed by atoms with E-state index in [0.29, 0.717) is 17.8 Å². The molecule has 1 aliphatic rings. The van der Waals surface area contributed by atoms with Gasteiger partial charge in [0.2, 0.25) is 10.0 Å². The molecule has 1 amide bonds. The van der Waals surface area contributed by atoms with Crippen LogP contribution in [0.4, 0.5) is 5.69 Å². The first-order valence-electron chi connectivity index (χ1n) is 11.6. The Morgan fingerprint density at radius 1 is 0.853 bits per heavy atom. The SMILES string of the molecule is CS(=O)(=O)N(Cc1ccccc1)c1ccccc1C(=O)NCc1ccc(CN2CCCC2)cc1. The Balaban J connectivity index is 1.46. The molecule has 0 aromatic heterocycles. The van der Waals surface area contributed by atoms with Crippen LogP contribution < -0.4 is 9.62 Å². The highest BCUT2D eigenvalue weighted by atomic mass is 32.2. The van der Waals surface area contributed by atoms with Crippen LogP contribution in [-0.2, 0) is 29.7 Å². The van der Waals surface area contributed by atoms with Crippen molar-refractivity contribution in [3.63, 3.8) is 0 Å². The van der Waals surface area contributed by atoms with Gasteiger partial charge < -0.3 is 5.32 Å². The fourth-order valence-corrected chi connectivity index (χ4v) is 5.15. The molecule has 0 unspecified atom stereocenters. The van der Waals surface area contributed by atoms with E-state index in [1.54, 1.807) is 24.3 Å². The zero-order valence-corrected chi connectivity index (χ0v) is 20.3. The molecule has 1 fully saturated rings. The maximum atomic E-state index is 13.1. The monoisotopic (exact) mass is 477 g/mol. The van der Waals surface area contributed by atoms with E-state index in [-0.39, 0.29) is 12.5 Å². The van der Waals surface area contributed by atoms with Gasteiger partial charge in [0.05, 0.1) is 24.1 Å². The normalized spacial score (nSPS) is 14.1. The fraction of sp³-hybridized carbons (Fsp3) is 0.296. The van der Waals surface area contributed by atoms with Gasteiger partial charge in [-0.1, -0.05) is 66.7 Å². The summed E-state index contributed by atoms with van der Waals surface area (Å²) in [5.41, 5.74) is 3.81. The molecule has 3 aromatic carbocycles. The van der Waals surface area contributed by atoms with Gasteiger partial charge in [0.1, 0.15) is 0 Å². The minimum atomic E-state index is -3.60. The quantitative estimate of drug-likeness (QED) is 0.502. The number of hydrogen-bond donors (Lipinski definition) is 1. The van der Waals surface area contributed by atoms with Gasteiger partial charge in [-0.25, -0.2) is 8.42 Å². The Hall–Kier alpha value is -3.16. The van der Waals surface area contributed by atoms with Crippen molar-refractivity contribution in [2.75, 3.05) is 23.7 Å². The number of rotatable bonds is 9. The molecule has 3 aromatic rings. The third-order valence-electron chi connectivity index (χ3n) is 6.07. The summed E-state index contributed by atoms with van der Waals surface area (Å²) in [6.07, 6.45) is 3.70. The van der Waals surface area contributed by atoms with Gasteiger partial charge in [0.25, 0.3) is 5.91 Å². The zero-order valence-electron chi connectivity index (χ0n) is 19.5. The lowest BCUT2D eigenvalue weighted by Gasteiger charge is -2.24. The van der Waals surface area contributed by atoms with Crippen molar-refractivity contribution in [2.45, 2.75) is 32.5 Å². The third-order valence-corrected chi connectivity index (χ3v) is 7.19. The van der Waals surface area contributed by atoms with Crippen molar-refractivity contribution in [1.29, 1.82) is 0 Å². The van der Waals surface area contributed by atoms with Crippen LogP contribution in [0.3, 0.4) is 0 Å². The average molecular weight is 478 g/mol. The number of carbonyl (C=O) groups is 1. The Kier molecular flexibility index (Phi) is 7.65. The van der Waals surface area contributed by atoms with E-state index in [1.807, 2.05) is 42.5 Å². The summed E-state index contributed by atoms with van der Waals surface area (Å²) in [5, 5.41) is 2.95. The van der Waals surface area contributed by atoms with Crippen LogP contribution >= 0.6 is 0 Å². The molecule has 1 heterocycles. The molecule has 4 rings (SSSR count). The van der Waals surface area contributed by atoms with E-state index < -0.39 is 10.0 Å². The van der Waals surface area contributed by atoms with Gasteiger partial charge >= 0.3 is 0 Å². The minimum absolute atomic E-state index is 0.155. The van der Waals surface area contributed by atoms with E-state index in [2.05, 4.69) is 22.3 Å². The molecule has 1 N–H and O–H groups in total. The number of anilines is 1. The molecule has 0 spiro atoms. The number of sulfonamides is 1. The van der Waals surface area contributed by atoms with Crippen LogP contribution in [0.1, 0.15) is 39.9 Å². The molecule has 178 valence electrons. The fourth-order valence-electron chi connectivity index (χ4n) is 4.25. The second kappa shape index (κ2) is 10.8. The molecular weight excluding hydrogens is 446 g/mol.